The van der Waals surface area contributed by atoms with Gasteiger partial charge >= 0.3 is 5.97 Å². The monoisotopic (exact) mass is 265 g/mol. The van der Waals surface area contributed by atoms with Crippen molar-refractivity contribution < 1.29 is 15.0 Å². The first-order valence-corrected chi connectivity index (χ1v) is 6.35. The molecule has 0 spiro atoms. The zero-order valence-corrected chi connectivity index (χ0v) is 11.0. The second kappa shape index (κ2) is 5.05. The highest BCUT2D eigenvalue weighted by Gasteiger charge is 2.26. The van der Waals surface area contributed by atoms with Gasteiger partial charge in [0.05, 0.1) is 16.9 Å². The lowest BCUT2D eigenvalue weighted by Gasteiger charge is -2.24. The Morgan fingerprint density at radius 2 is 2.21 bits per heavy atom. The molecule has 6 nitrogen and oxygen atoms in total. The van der Waals surface area contributed by atoms with Crippen molar-refractivity contribution in [2.45, 2.75) is 31.8 Å². The van der Waals surface area contributed by atoms with Gasteiger partial charge in [-0.1, -0.05) is 0 Å². The van der Waals surface area contributed by atoms with E-state index in [1.807, 2.05) is 11.8 Å². The fraction of sp³-hybridized carbons (Fsp3) is 0.538. The Morgan fingerprint density at radius 3 is 2.84 bits per heavy atom. The van der Waals surface area contributed by atoms with Crippen LogP contribution in [0.15, 0.2) is 12.3 Å². The molecule has 6 heteroatoms. The highest BCUT2D eigenvalue weighted by Crippen LogP contribution is 2.27. The van der Waals surface area contributed by atoms with E-state index < -0.39 is 11.6 Å². The largest absolute Gasteiger partial charge is 0.478 e. The van der Waals surface area contributed by atoms with Crippen LogP contribution < -0.4 is 10.6 Å². The van der Waals surface area contributed by atoms with Crippen LogP contribution in [0.4, 0.5) is 11.5 Å². The highest BCUT2D eigenvalue weighted by atomic mass is 16.4. The lowest BCUT2D eigenvalue weighted by molar-refractivity contribution is 0.0481. The predicted molar refractivity (Wildman–Crippen MR) is 72.3 cm³/mol. The summed E-state index contributed by atoms with van der Waals surface area (Å²) in [5.41, 5.74) is 5.68. The number of nitrogen functional groups attached to an aromatic ring is 1. The van der Waals surface area contributed by atoms with Crippen molar-refractivity contribution in [3.63, 3.8) is 0 Å². The molecule has 1 atom stereocenters. The van der Waals surface area contributed by atoms with Crippen LogP contribution in [0.3, 0.4) is 0 Å². The van der Waals surface area contributed by atoms with Crippen LogP contribution in [0.2, 0.25) is 0 Å². The molecule has 0 saturated carbocycles. The third-order valence-electron chi connectivity index (χ3n) is 3.51. The molecule has 0 aliphatic carbocycles. The van der Waals surface area contributed by atoms with Crippen molar-refractivity contribution in [1.82, 2.24) is 4.98 Å². The normalized spacial score (nSPS) is 24.0. The lowest BCUT2D eigenvalue weighted by Crippen LogP contribution is -2.29. The SMILES string of the molecule is CC1(O)CCCN(c2ncc(C(=O)O)cc2N)CC1. The van der Waals surface area contributed by atoms with Crippen molar-refractivity contribution >= 4 is 17.5 Å². The zero-order valence-electron chi connectivity index (χ0n) is 11.0. The van der Waals surface area contributed by atoms with Crippen LogP contribution >= 0.6 is 0 Å². The van der Waals surface area contributed by atoms with Crippen molar-refractivity contribution in [1.29, 1.82) is 0 Å². The first kappa shape index (κ1) is 13.6. The highest BCUT2D eigenvalue weighted by molar-refractivity contribution is 5.89. The second-order valence-corrected chi connectivity index (χ2v) is 5.28. The van der Waals surface area contributed by atoms with Crippen molar-refractivity contribution in [3.8, 4) is 0 Å². The maximum atomic E-state index is 10.8. The molecule has 2 heterocycles. The molecule has 19 heavy (non-hydrogen) atoms. The van der Waals surface area contributed by atoms with E-state index in [0.29, 0.717) is 24.5 Å². The topological polar surface area (TPSA) is 99.7 Å². The summed E-state index contributed by atoms with van der Waals surface area (Å²) >= 11 is 0. The molecule has 0 radical (unpaired) electrons. The Balaban J connectivity index is 2.20. The van der Waals surface area contributed by atoms with Gasteiger partial charge in [0.2, 0.25) is 0 Å². The quantitative estimate of drug-likeness (QED) is 0.740. The van der Waals surface area contributed by atoms with Crippen LogP contribution in [0, 0.1) is 0 Å². The van der Waals surface area contributed by atoms with Gasteiger partial charge < -0.3 is 20.8 Å². The number of aromatic nitrogens is 1. The lowest BCUT2D eigenvalue weighted by atomic mass is 9.98. The Kier molecular flexibility index (Phi) is 3.61. The summed E-state index contributed by atoms with van der Waals surface area (Å²) in [5, 5.41) is 18.9. The Bertz CT molecular complexity index is 488. The number of carbonyl (C=O) groups is 1. The van der Waals surface area contributed by atoms with Gasteiger partial charge in [-0.15, -0.1) is 0 Å². The average Bonchev–Trinajstić information content (AvgIpc) is 2.50. The van der Waals surface area contributed by atoms with Crippen LogP contribution in [-0.4, -0.2) is 39.9 Å². The maximum Gasteiger partial charge on any atom is 0.337 e. The molecular weight excluding hydrogens is 246 g/mol. The molecule has 1 unspecified atom stereocenters. The number of nitrogens with zero attached hydrogens (tertiary/aromatic N) is 2. The maximum absolute atomic E-state index is 10.8. The summed E-state index contributed by atoms with van der Waals surface area (Å²) in [6.07, 6.45) is 3.57. The summed E-state index contributed by atoms with van der Waals surface area (Å²) in [4.78, 5) is 17.0. The van der Waals surface area contributed by atoms with Gasteiger partial charge in [0, 0.05) is 19.3 Å². The molecule has 0 aromatic carbocycles. The van der Waals surface area contributed by atoms with E-state index in [-0.39, 0.29) is 5.56 Å². The number of nitrogens with two attached hydrogens (primary N) is 1. The number of carboxylic acid groups (broad SMARTS) is 1. The number of aliphatic hydroxyl groups is 1. The first-order valence-electron chi connectivity index (χ1n) is 6.35. The molecule has 2 rings (SSSR count). The molecule has 1 aliphatic heterocycles. The Morgan fingerprint density at radius 1 is 1.47 bits per heavy atom. The van der Waals surface area contributed by atoms with E-state index in [1.165, 1.54) is 12.3 Å². The molecule has 1 saturated heterocycles. The molecule has 1 aliphatic rings. The van der Waals surface area contributed by atoms with Crippen LogP contribution in [-0.2, 0) is 0 Å². The smallest absolute Gasteiger partial charge is 0.337 e. The number of pyridine rings is 1. The number of anilines is 2. The van der Waals surface area contributed by atoms with Gasteiger partial charge in [-0.05, 0) is 32.3 Å². The van der Waals surface area contributed by atoms with Gasteiger partial charge in [-0.25, -0.2) is 9.78 Å². The van der Waals surface area contributed by atoms with Gasteiger partial charge in [0.1, 0.15) is 0 Å². The standard InChI is InChI=1S/C13H19N3O3/c1-13(19)3-2-5-16(6-4-13)11-10(14)7-9(8-15-11)12(17)18/h7-8,19H,2-6,14H2,1H3,(H,17,18). The number of aromatic carboxylic acids is 1. The summed E-state index contributed by atoms with van der Waals surface area (Å²) < 4.78 is 0. The average molecular weight is 265 g/mol. The molecule has 1 aromatic heterocycles. The van der Waals surface area contributed by atoms with Crippen molar-refractivity contribution in [2.75, 3.05) is 23.7 Å². The van der Waals surface area contributed by atoms with Gasteiger partial charge in [0.25, 0.3) is 0 Å². The van der Waals surface area contributed by atoms with Gasteiger partial charge in [-0.2, -0.15) is 0 Å². The van der Waals surface area contributed by atoms with E-state index in [9.17, 15) is 9.90 Å². The fourth-order valence-corrected chi connectivity index (χ4v) is 2.33. The summed E-state index contributed by atoms with van der Waals surface area (Å²) in [5.74, 6) is -0.438. The van der Waals surface area contributed by atoms with Crippen LogP contribution in [0.1, 0.15) is 36.5 Å². The van der Waals surface area contributed by atoms with Crippen LogP contribution in [0.25, 0.3) is 0 Å². The zero-order chi connectivity index (χ0) is 14.0. The van der Waals surface area contributed by atoms with E-state index >= 15 is 0 Å². The van der Waals surface area contributed by atoms with E-state index in [1.54, 1.807) is 0 Å². The van der Waals surface area contributed by atoms with E-state index in [2.05, 4.69) is 4.98 Å². The fourth-order valence-electron chi connectivity index (χ4n) is 2.33. The molecule has 0 bridgehead atoms. The summed E-state index contributed by atoms with van der Waals surface area (Å²) in [7, 11) is 0. The Hall–Kier alpha value is -1.82. The summed E-state index contributed by atoms with van der Waals surface area (Å²) in [6, 6.07) is 1.42. The third kappa shape index (κ3) is 3.14. The number of hydrogen-bond acceptors (Lipinski definition) is 5. The minimum atomic E-state index is -1.04. The van der Waals surface area contributed by atoms with Crippen LogP contribution in [0.5, 0.6) is 0 Å². The minimum absolute atomic E-state index is 0.0862. The van der Waals surface area contributed by atoms with Gasteiger partial charge in [0.15, 0.2) is 5.82 Å². The number of hydrogen-bond donors (Lipinski definition) is 3. The minimum Gasteiger partial charge on any atom is -0.478 e. The van der Waals surface area contributed by atoms with E-state index in [0.717, 1.165) is 19.4 Å². The predicted octanol–water partition coefficient (Wildman–Crippen LogP) is 1.10. The molecule has 4 N–H and O–H groups in total. The molecule has 1 aromatic rings. The summed E-state index contributed by atoms with van der Waals surface area (Å²) in [6.45, 7) is 3.26. The number of rotatable bonds is 2. The first-order chi connectivity index (χ1) is 8.89. The molecule has 104 valence electrons. The Labute approximate surface area is 111 Å². The molecule has 0 amide bonds. The van der Waals surface area contributed by atoms with E-state index in [4.69, 9.17) is 10.8 Å². The van der Waals surface area contributed by atoms with Gasteiger partial charge in [-0.3, -0.25) is 0 Å². The molecule has 1 fully saturated rings. The van der Waals surface area contributed by atoms with Crippen molar-refractivity contribution in [3.05, 3.63) is 17.8 Å². The third-order valence-corrected chi connectivity index (χ3v) is 3.51. The second-order valence-electron chi connectivity index (χ2n) is 5.28. The van der Waals surface area contributed by atoms with Crippen molar-refractivity contribution in [2.24, 2.45) is 0 Å². The number of carboxylic acids is 1. The molecular formula is C13H19N3O3.